The Morgan fingerprint density at radius 1 is 1.32 bits per heavy atom. The molecule has 0 radical (unpaired) electrons. The van der Waals surface area contributed by atoms with Gasteiger partial charge in [0.2, 0.25) is 0 Å². The molecule has 0 aliphatic rings. The van der Waals surface area contributed by atoms with Gasteiger partial charge in [0.25, 0.3) is 0 Å². The fraction of sp³-hybridized carbons (Fsp3) is 0.385. The first-order chi connectivity index (χ1) is 8.70. The normalized spacial score (nSPS) is 10.9. The Kier molecular flexibility index (Phi) is 4.94. The van der Waals surface area contributed by atoms with Gasteiger partial charge in [-0.2, -0.15) is 0 Å². The summed E-state index contributed by atoms with van der Waals surface area (Å²) >= 11 is 3.23. The maximum Gasteiger partial charge on any atom is 0.337 e. The Hall–Kier alpha value is -1.56. The summed E-state index contributed by atoms with van der Waals surface area (Å²) in [7, 11) is 0. The largest absolute Gasteiger partial charge is 0.478 e. The fourth-order valence-corrected chi connectivity index (χ4v) is 1.80. The third kappa shape index (κ3) is 4.90. The summed E-state index contributed by atoms with van der Waals surface area (Å²) in [5, 5.41) is 14.3. The number of hydrogen-bond acceptors (Lipinski definition) is 2. The Bertz CT molecular complexity index is 495. The molecule has 0 aromatic heterocycles. The van der Waals surface area contributed by atoms with Crippen LogP contribution in [0.3, 0.4) is 0 Å². The molecule has 6 heteroatoms. The van der Waals surface area contributed by atoms with Gasteiger partial charge < -0.3 is 15.7 Å². The van der Waals surface area contributed by atoms with E-state index < -0.39 is 12.0 Å². The van der Waals surface area contributed by atoms with Crippen LogP contribution in [0.15, 0.2) is 22.7 Å². The van der Waals surface area contributed by atoms with Crippen molar-refractivity contribution in [1.82, 2.24) is 5.32 Å². The lowest BCUT2D eigenvalue weighted by Crippen LogP contribution is -2.35. The number of carboxylic acid groups (broad SMARTS) is 1. The molecule has 104 valence electrons. The van der Waals surface area contributed by atoms with Gasteiger partial charge in [-0.1, -0.05) is 26.8 Å². The minimum absolute atomic E-state index is 0.0408. The van der Waals surface area contributed by atoms with Crippen LogP contribution >= 0.6 is 15.9 Å². The quantitative estimate of drug-likeness (QED) is 0.796. The highest BCUT2D eigenvalue weighted by molar-refractivity contribution is 9.10. The van der Waals surface area contributed by atoms with E-state index in [4.69, 9.17) is 5.11 Å². The molecule has 0 heterocycles. The summed E-state index contributed by atoms with van der Waals surface area (Å²) in [5.41, 5.74) is 0.252. The average molecular weight is 329 g/mol. The highest BCUT2D eigenvalue weighted by atomic mass is 79.9. The number of amides is 2. The van der Waals surface area contributed by atoms with Gasteiger partial charge in [0.05, 0.1) is 11.3 Å². The molecule has 3 N–H and O–H groups in total. The van der Waals surface area contributed by atoms with Gasteiger partial charge in [-0.15, -0.1) is 0 Å². The van der Waals surface area contributed by atoms with Gasteiger partial charge >= 0.3 is 12.0 Å². The van der Waals surface area contributed by atoms with Crippen molar-refractivity contribution in [1.29, 1.82) is 0 Å². The van der Waals surface area contributed by atoms with Crippen molar-refractivity contribution < 1.29 is 14.7 Å². The molecule has 2 amide bonds. The summed E-state index contributed by atoms with van der Waals surface area (Å²) in [6.45, 7) is 6.48. The van der Waals surface area contributed by atoms with Crippen molar-refractivity contribution >= 4 is 33.6 Å². The fourth-order valence-electron chi connectivity index (χ4n) is 1.33. The van der Waals surface area contributed by atoms with Crippen LogP contribution in [0.5, 0.6) is 0 Å². The first-order valence-electron chi connectivity index (χ1n) is 5.77. The number of carboxylic acids is 1. The molecule has 1 rings (SSSR count). The summed E-state index contributed by atoms with van der Waals surface area (Å²) in [4.78, 5) is 22.8. The summed E-state index contributed by atoms with van der Waals surface area (Å²) < 4.78 is 0.526. The third-order valence-electron chi connectivity index (χ3n) is 2.26. The smallest absolute Gasteiger partial charge is 0.337 e. The molecular formula is C13H17BrN2O3. The Morgan fingerprint density at radius 2 is 1.95 bits per heavy atom. The zero-order valence-electron chi connectivity index (χ0n) is 11.1. The molecule has 0 bridgehead atoms. The van der Waals surface area contributed by atoms with Crippen molar-refractivity contribution in [3.05, 3.63) is 28.2 Å². The molecule has 0 aliphatic carbocycles. The topological polar surface area (TPSA) is 78.4 Å². The number of rotatable bonds is 3. The number of carbonyl (C=O) groups is 2. The average Bonchev–Trinajstić information content (AvgIpc) is 2.28. The lowest BCUT2D eigenvalue weighted by Gasteiger charge is -2.19. The Morgan fingerprint density at radius 3 is 2.47 bits per heavy atom. The van der Waals surface area contributed by atoms with E-state index in [2.05, 4.69) is 26.6 Å². The zero-order valence-corrected chi connectivity index (χ0v) is 12.7. The number of urea groups is 1. The van der Waals surface area contributed by atoms with Crippen LogP contribution in [0.2, 0.25) is 0 Å². The molecule has 19 heavy (non-hydrogen) atoms. The summed E-state index contributed by atoms with van der Waals surface area (Å²) in [5.74, 6) is -1.09. The van der Waals surface area contributed by atoms with E-state index in [9.17, 15) is 9.59 Å². The van der Waals surface area contributed by atoms with Crippen LogP contribution in [0.1, 0.15) is 31.1 Å². The van der Waals surface area contributed by atoms with Gasteiger partial charge in [-0.3, -0.25) is 0 Å². The molecule has 0 fully saturated rings. The highest BCUT2D eigenvalue weighted by Crippen LogP contribution is 2.26. The summed E-state index contributed by atoms with van der Waals surface area (Å²) in [6.07, 6.45) is 0. The molecule has 0 saturated heterocycles. The summed E-state index contributed by atoms with van der Waals surface area (Å²) in [6, 6.07) is 4.29. The van der Waals surface area contributed by atoms with Gasteiger partial charge in [-0.25, -0.2) is 9.59 Å². The van der Waals surface area contributed by atoms with Crippen LogP contribution in [0.4, 0.5) is 10.5 Å². The number of para-hydroxylation sites is 1. The first-order valence-corrected chi connectivity index (χ1v) is 6.56. The number of halogens is 1. The van der Waals surface area contributed by atoms with Crippen molar-refractivity contribution in [2.24, 2.45) is 5.41 Å². The molecule has 0 saturated carbocycles. The van der Waals surface area contributed by atoms with Crippen LogP contribution in [0, 0.1) is 5.41 Å². The van der Waals surface area contributed by atoms with Crippen molar-refractivity contribution in [3.8, 4) is 0 Å². The molecule has 0 atom stereocenters. The lowest BCUT2D eigenvalue weighted by molar-refractivity contribution is 0.0698. The van der Waals surface area contributed by atoms with E-state index in [-0.39, 0.29) is 16.7 Å². The van der Waals surface area contributed by atoms with Crippen molar-refractivity contribution in [2.45, 2.75) is 20.8 Å². The van der Waals surface area contributed by atoms with Crippen LogP contribution < -0.4 is 10.6 Å². The number of carbonyl (C=O) groups excluding carboxylic acids is 1. The number of aromatic carboxylic acids is 1. The monoisotopic (exact) mass is 328 g/mol. The zero-order chi connectivity index (χ0) is 14.6. The second-order valence-corrected chi connectivity index (χ2v) is 6.19. The minimum Gasteiger partial charge on any atom is -0.478 e. The van der Waals surface area contributed by atoms with E-state index in [1.54, 1.807) is 12.1 Å². The molecule has 0 unspecified atom stereocenters. The maximum atomic E-state index is 11.8. The van der Waals surface area contributed by atoms with E-state index in [0.29, 0.717) is 11.0 Å². The van der Waals surface area contributed by atoms with Crippen LogP contribution in [0.25, 0.3) is 0 Å². The second kappa shape index (κ2) is 6.06. The van der Waals surface area contributed by atoms with E-state index in [1.807, 2.05) is 20.8 Å². The Balaban J connectivity index is 2.82. The molecule has 1 aromatic carbocycles. The number of benzene rings is 1. The van der Waals surface area contributed by atoms with Crippen molar-refractivity contribution in [3.63, 3.8) is 0 Å². The minimum atomic E-state index is -1.09. The van der Waals surface area contributed by atoms with Crippen molar-refractivity contribution in [2.75, 3.05) is 11.9 Å². The molecule has 0 spiro atoms. The lowest BCUT2D eigenvalue weighted by atomic mass is 9.97. The maximum absolute atomic E-state index is 11.8. The second-order valence-electron chi connectivity index (χ2n) is 5.34. The molecule has 1 aromatic rings. The number of hydrogen-bond donors (Lipinski definition) is 3. The van der Waals surface area contributed by atoms with E-state index in [0.717, 1.165) is 0 Å². The van der Waals surface area contributed by atoms with Gasteiger partial charge in [0.15, 0.2) is 0 Å². The van der Waals surface area contributed by atoms with E-state index in [1.165, 1.54) is 6.07 Å². The predicted octanol–water partition coefficient (Wildman–Crippen LogP) is 3.31. The number of anilines is 1. The standard InChI is InChI=1S/C13H17BrN2O3/c1-13(2,3)7-15-12(19)16-10-8(11(17)18)5-4-6-9(10)14/h4-6H,7H2,1-3H3,(H,17,18)(H2,15,16,19). The number of nitrogens with one attached hydrogen (secondary N) is 2. The molecule has 5 nitrogen and oxygen atoms in total. The molecule has 0 aliphatic heterocycles. The van der Waals surface area contributed by atoms with Crippen LogP contribution in [-0.2, 0) is 0 Å². The van der Waals surface area contributed by atoms with Crippen LogP contribution in [-0.4, -0.2) is 23.7 Å². The third-order valence-corrected chi connectivity index (χ3v) is 2.92. The highest BCUT2D eigenvalue weighted by Gasteiger charge is 2.16. The van der Waals surface area contributed by atoms with E-state index >= 15 is 0 Å². The van der Waals surface area contributed by atoms with Gasteiger partial charge in [-0.05, 0) is 33.5 Å². The predicted molar refractivity (Wildman–Crippen MR) is 77.6 cm³/mol. The molecular weight excluding hydrogens is 312 g/mol. The Labute approximate surface area is 120 Å². The SMILES string of the molecule is CC(C)(C)CNC(=O)Nc1c(Br)cccc1C(=O)O. The first kappa shape index (κ1) is 15.5. The van der Waals surface area contributed by atoms with Gasteiger partial charge in [0.1, 0.15) is 0 Å². The van der Waals surface area contributed by atoms with Gasteiger partial charge in [0, 0.05) is 11.0 Å².